The molecule has 2 aromatic heterocycles. The number of hydrogen-bond acceptors (Lipinski definition) is 10. The molecule has 1 aromatic carbocycles. The van der Waals surface area contributed by atoms with Gasteiger partial charge in [0.1, 0.15) is 5.82 Å². The zero-order chi connectivity index (χ0) is 29.5. The van der Waals surface area contributed by atoms with Crippen LogP contribution in [0.4, 0.5) is 17.5 Å². The Hall–Kier alpha value is -4.11. The molecule has 1 fully saturated rings. The number of anilines is 3. The molecule has 0 spiro atoms. The van der Waals surface area contributed by atoms with E-state index < -0.39 is 0 Å². The van der Waals surface area contributed by atoms with E-state index in [2.05, 4.69) is 62.4 Å². The smallest absolute Gasteiger partial charge is 0.234 e. The first-order valence-electron chi connectivity index (χ1n) is 14.6. The van der Waals surface area contributed by atoms with Crippen LogP contribution < -0.4 is 15.5 Å². The molecule has 0 aliphatic carbocycles. The highest BCUT2D eigenvalue weighted by Crippen LogP contribution is 2.25. The molecule has 1 amide bonds. The Morgan fingerprint density at radius 3 is 2.79 bits per heavy atom. The van der Waals surface area contributed by atoms with Gasteiger partial charge in [-0.15, -0.1) is 0 Å². The SMILES string of the molecule is CC1CNC(=O)CN2CCN(Cc3cccc(c3)Nc3nccc(n3)-c3ccc(nc3)N(CCC#N)C1C)C(CO)C2. The topological polar surface area (TPSA) is 134 Å². The van der Waals surface area contributed by atoms with Gasteiger partial charge in [-0.05, 0) is 48.7 Å². The number of nitrogens with one attached hydrogen (secondary N) is 2. The van der Waals surface area contributed by atoms with Gasteiger partial charge in [-0.25, -0.2) is 15.0 Å². The van der Waals surface area contributed by atoms with E-state index in [4.69, 9.17) is 9.97 Å². The number of aliphatic hydroxyl groups excluding tert-OH is 1. The van der Waals surface area contributed by atoms with Gasteiger partial charge in [0.05, 0.1) is 31.3 Å². The third kappa shape index (κ3) is 7.20. The Balaban J connectivity index is 1.45. The quantitative estimate of drug-likeness (QED) is 0.432. The van der Waals surface area contributed by atoms with Gasteiger partial charge >= 0.3 is 0 Å². The number of piperazine rings is 1. The number of benzene rings is 1. The van der Waals surface area contributed by atoms with Crippen LogP contribution in [-0.4, -0.2) is 93.7 Å². The molecular weight excluding hydrogens is 530 g/mol. The van der Waals surface area contributed by atoms with Crippen molar-refractivity contribution in [2.45, 2.75) is 38.9 Å². The van der Waals surface area contributed by atoms with Crippen molar-refractivity contribution in [3.05, 3.63) is 60.4 Å². The maximum Gasteiger partial charge on any atom is 0.234 e. The van der Waals surface area contributed by atoms with Crippen LogP contribution in [0.1, 0.15) is 25.8 Å². The second-order valence-electron chi connectivity index (χ2n) is 11.2. The monoisotopic (exact) mass is 569 g/mol. The van der Waals surface area contributed by atoms with Crippen LogP contribution in [0.25, 0.3) is 11.3 Å². The lowest BCUT2D eigenvalue weighted by molar-refractivity contribution is -0.123. The molecule has 220 valence electrons. The fourth-order valence-electron chi connectivity index (χ4n) is 5.59. The summed E-state index contributed by atoms with van der Waals surface area (Å²) in [5, 5.41) is 25.9. The normalized spacial score (nSPS) is 24.9. The van der Waals surface area contributed by atoms with Crippen molar-refractivity contribution in [2.75, 3.05) is 56.1 Å². The predicted octanol–water partition coefficient (Wildman–Crippen LogP) is 2.64. The van der Waals surface area contributed by atoms with Crippen molar-refractivity contribution in [1.29, 1.82) is 5.26 Å². The minimum Gasteiger partial charge on any atom is -0.395 e. The van der Waals surface area contributed by atoms with Crippen LogP contribution in [0, 0.1) is 17.2 Å². The van der Waals surface area contributed by atoms with Crippen molar-refractivity contribution in [2.24, 2.45) is 5.92 Å². The molecule has 0 radical (unpaired) electrons. The van der Waals surface area contributed by atoms with Gasteiger partial charge in [-0.2, -0.15) is 5.26 Å². The summed E-state index contributed by atoms with van der Waals surface area (Å²) >= 11 is 0. The lowest BCUT2D eigenvalue weighted by Crippen LogP contribution is -2.56. The van der Waals surface area contributed by atoms with Crippen LogP contribution in [0.5, 0.6) is 0 Å². The minimum atomic E-state index is -0.0607. The Morgan fingerprint density at radius 1 is 1.12 bits per heavy atom. The van der Waals surface area contributed by atoms with Crippen LogP contribution in [0.3, 0.4) is 0 Å². The summed E-state index contributed by atoms with van der Waals surface area (Å²) < 4.78 is 0. The number of carbonyl (C=O) groups is 1. The molecule has 8 rings (SSSR count). The number of amides is 1. The molecule has 0 saturated carbocycles. The summed E-state index contributed by atoms with van der Waals surface area (Å²) in [5.74, 6) is 1.35. The maximum atomic E-state index is 12.9. The van der Waals surface area contributed by atoms with Gasteiger partial charge in [0.15, 0.2) is 0 Å². The molecule has 8 bridgehead atoms. The first-order chi connectivity index (χ1) is 20.4. The molecule has 3 aromatic rings. The lowest BCUT2D eigenvalue weighted by atomic mass is 10.0. The van der Waals surface area contributed by atoms with Gasteiger partial charge in [0, 0.05) is 75.0 Å². The highest BCUT2D eigenvalue weighted by molar-refractivity contribution is 5.78. The van der Waals surface area contributed by atoms with E-state index in [1.165, 1.54) is 0 Å². The summed E-state index contributed by atoms with van der Waals surface area (Å²) in [4.78, 5) is 33.4. The van der Waals surface area contributed by atoms with Crippen LogP contribution >= 0.6 is 0 Å². The van der Waals surface area contributed by atoms with E-state index in [0.717, 1.165) is 41.4 Å². The first kappa shape index (κ1) is 29.4. The molecule has 5 unspecified atom stereocenters. The highest BCUT2D eigenvalue weighted by atomic mass is 16.3. The number of hydrogen-bond donors (Lipinski definition) is 3. The van der Waals surface area contributed by atoms with Crippen LogP contribution in [0.2, 0.25) is 0 Å². The van der Waals surface area contributed by atoms with Crippen molar-refractivity contribution in [1.82, 2.24) is 30.1 Å². The molecule has 5 aliphatic heterocycles. The Kier molecular flexibility index (Phi) is 9.59. The standard InChI is InChI=1S/C31H39N9O2/c1-22-16-35-30(42)20-38-13-14-39(27(19-38)21-41)18-24-5-3-6-26(15-24)36-31-33-11-9-28(37-31)25-7-8-29(34-17-25)40(23(22)2)12-4-10-32/h3,5-9,11,15,17,22-23,27,41H,4,12-14,16,18-21H2,1-2H3,(H,35,42)(H,33,36,37). The fourth-order valence-corrected chi connectivity index (χ4v) is 5.59. The highest BCUT2D eigenvalue weighted by Gasteiger charge is 2.28. The molecule has 7 heterocycles. The van der Waals surface area contributed by atoms with Gasteiger partial charge < -0.3 is 20.6 Å². The maximum absolute atomic E-state index is 12.9. The Morgan fingerprint density at radius 2 is 2.00 bits per heavy atom. The summed E-state index contributed by atoms with van der Waals surface area (Å²) in [7, 11) is 0. The number of carbonyl (C=O) groups excluding carboxylic acids is 1. The summed E-state index contributed by atoms with van der Waals surface area (Å²) in [6.07, 6.45) is 3.89. The van der Waals surface area contributed by atoms with Crippen molar-refractivity contribution in [3.63, 3.8) is 0 Å². The van der Waals surface area contributed by atoms with Gasteiger partial charge in [0.25, 0.3) is 0 Å². The Labute approximate surface area is 247 Å². The molecular formula is C31H39N9O2. The lowest BCUT2D eigenvalue weighted by Gasteiger charge is -2.40. The van der Waals surface area contributed by atoms with E-state index >= 15 is 0 Å². The third-order valence-corrected chi connectivity index (χ3v) is 8.23. The zero-order valence-electron chi connectivity index (χ0n) is 24.3. The van der Waals surface area contributed by atoms with E-state index in [1.54, 1.807) is 12.4 Å². The number of aliphatic hydroxyl groups is 1. The van der Waals surface area contributed by atoms with Gasteiger partial charge in [-0.1, -0.05) is 19.1 Å². The van der Waals surface area contributed by atoms with E-state index in [1.807, 2.05) is 30.3 Å². The molecule has 42 heavy (non-hydrogen) atoms. The summed E-state index contributed by atoms with van der Waals surface area (Å²) in [5.41, 5.74) is 3.60. The molecule has 3 N–H and O–H groups in total. The average molecular weight is 570 g/mol. The Bertz CT molecular complexity index is 1390. The van der Waals surface area contributed by atoms with Crippen LogP contribution in [0.15, 0.2) is 54.9 Å². The summed E-state index contributed by atoms with van der Waals surface area (Å²) in [6.45, 7) is 8.40. The third-order valence-electron chi connectivity index (χ3n) is 8.23. The second kappa shape index (κ2) is 13.7. The summed E-state index contributed by atoms with van der Waals surface area (Å²) in [6, 6.07) is 16.2. The molecule has 5 atom stereocenters. The van der Waals surface area contributed by atoms with Crippen molar-refractivity contribution >= 4 is 23.4 Å². The number of nitrogens with zero attached hydrogens (tertiary/aromatic N) is 7. The largest absolute Gasteiger partial charge is 0.395 e. The van der Waals surface area contributed by atoms with Gasteiger partial charge in [0.2, 0.25) is 11.9 Å². The number of aromatic nitrogens is 3. The van der Waals surface area contributed by atoms with E-state index in [9.17, 15) is 15.2 Å². The second-order valence-corrected chi connectivity index (χ2v) is 11.2. The zero-order valence-corrected chi connectivity index (χ0v) is 24.3. The number of nitriles is 1. The number of rotatable bonds is 3. The first-order valence-corrected chi connectivity index (χ1v) is 14.6. The molecule has 1 saturated heterocycles. The van der Waals surface area contributed by atoms with Crippen molar-refractivity contribution in [3.8, 4) is 17.3 Å². The van der Waals surface area contributed by atoms with E-state index in [-0.39, 0.29) is 30.5 Å². The van der Waals surface area contributed by atoms with Crippen molar-refractivity contribution < 1.29 is 9.90 Å². The molecule has 11 heteroatoms. The number of pyridine rings is 1. The van der Waals surface area contributed by atoms with Gasteiger partial charge in [-0.3, -0.25) is 14.6 Å². The fraction of sp³-hybridized carbons (Fsp3) is 0.452. The molecule has 11 nitrogen and oxygen atoms in total. The average Bonchev–Trinajstić information content (AvgIpc) is 3.01. The minimum absolute atomic E-state index is 0.0229. The predicted molar refractivity (Wildman–Crippen MR) is 162 cm³/mol. The molecule has 5 aliphatic rings. The van der Waals surface area contributed by atoms with Crippen LogP contribution in [-0.2, 0) is 11.3 Å². The van der Waals surface area contributed by atoms with E-state index in [0.29, 0.717) is 45.1 Å².